The van der Waals surface area contributed by atoms with Crippen LogP contribution >= 0.6 is 11.3 Å². The highest BCUT2D eigenvalue weighted by molar-refractivity contribution is 7.14. The minimum Gasteiger partial charge on any atom is -0.494 e. The minimum atomic E-state index is -0.939. The number of carbonyl (C=O) groups excluding carboxylic acids is 2. The van der Waals surface area contributed by atoms with Crippen LogP contribution in [0.2, 0.25) is 0 Å². The fourth-order valence-corrected chi connectivity index (χ4v) is 4.23. The number of esters is 1. The lowest BCUT2D eigenvalue weighted by molar-refractivity contribution is -0.124. The number of rotatable bonds is 9. The molecule has 186 valence electrons. The Hall–Kier alpha value is -3.98. The van der Waals surface area contributed by atoms with Crippen LogP contribution in [0, 0.1) is 13.8 Å². The van der Waals surface area contributed by atoms with Crippen LogP contribution in [0.5, 0.6) is 5.75 Å². The van der Waals surface area contributed by atoms with Crippen molar-refractivity contribution in [3.05, 3.63) is 70.9 Å². The molecule has 0 saturated heterocycles. The summed E-state index contributed by atoms with van der Waals surface area (Å²) < 4.78 is 11.0. The Morgan fingerprint density at radius 1 is 1.00 bits per heavy atom. The number of imidazole rings is 1. The third-order valence-electron chi connectivity index (χ3n) is 5.63. The van der Waals surface area contributed by atoms with Crippen molar-refractivity contribution in [2.75, 3.05) is 11.9 Å². The second kappa shape index (κ2) is 11.2. The first-order valence-electron chi connectivity index (χ1n) is 11.7. The van der Waals surface area contributed by atoms with Crippen LogP contribution in [0.4, 0.5) is 5.13 Å². The number of H-pyrrole nitrogens is 1. The lowest BCUT2D eigenvalue weighted by atomic mass is 10.1. The number of thiazole rings is 1. The van der Waals surface area contributed by atoms with Gasteiger partial charge in [-0.25, -0.2) is 14.8 Å². The van der Waals surface area contributed by atoms with Gasteiger partial charge in [-0.2, -0.15) is 0 Å². The molecule has 1 unspecified atom stereocenters. The van der Waals surface area contributed by atoms with E-state index in [9.17, 15) is 9.59 Å². The van der Waals surface area contributed by atoms with Crippen molar-refractivity contribution in [3.63, 3.8) is 0 Å². The number of hydrogen-bond acceptors (Lipinski definition) is 7. The predicted octanol–water partition coefficient (Wildman–Crippen LogP) is 5.79. The highest BCUT2D eigenvalue weighted by atomic mass is 32.1. The summed E-state index contributed by atoms with van der Waals surface area (Å²) in [5.74, 6) is 0.545. The molecule has 0 fully saturated rings. The third-order valence-corrected chi connectivity index (χ3v) is 6.39. The Morgan fingerprint density at radius 2 is 1.69 bits per heavy atom. The smallest absolute Gasteiger partial charge is 0.338 e. The van der Waals surface area contributed by atoms with Gasteiger partial charge in [0.05, 0.1) is 23.6 Å². The summed E-state index contributed by atoms with van der Waals surface area (Å²) in [5.41, 5.74) is 4.80. The van der Waals surface area contributed by atoms with Gasteiger partial charge in [-0.05, 0) is 63.6 Å². The highest BCUT2D eigenvalue weighted by Crippen LogP contribution is 2.27. The van der Waals surface area contributed by atoms with Crippen LogP contribution < -0.4 is 10.1 Å². The molecule has 4 rings (SSSR count). The SMILES string of the molecule is CCOc1ccc(-c2csc(NC(=O)C(CC)OC(=O)c3ccc(-c4nc(C)c(C)[nH]4)cc3)n2)cc1. The van der Waals surface area contributed by atoms with Crippen molar-refractivity contribution < 1.29 is 19.1 Å². The molecule has 0 saturated carbocycles. The van der Waals surface area contributed by atoms with E-state index in [1.54, 1.807) is 31.2 Å². The highest BCUT2D eigenvalue weighted by Gasteiger charge is 2.23. The van der Waals surface area contributed by atoms with E-state index in [1.165, 1.54) is 11.3 Å². The first-order chi connectivity index (χ1) is 17.4. The molecule has 0 aliphatic carbocycles. The molecule has 0 radical (unpaired) electrons. The average molecular weight is 505 g/mol. The monoisotopic (exact) mass is 504 g/mol. The van der Waals surface area contributed by atoms with E-state index in [0.717, 1.165) is 39.8 Å². The number of benzene rings is 2. The van der Waals surface area contributed by atoms with Gasteiger partial charge in [-0.3, -0.25) is 10.1 Å². The molecular formula is C27H28N4O4S. The molecule has 0 bridgehead atoms. The molecule has 1 atom stereocenters. The van der Waals surface area contributed by atoms with Gasteiger partial charge in [0.2, 0.25) is 0 Å². The number of nitrogens with zero attached hydrogens (tertiary/aromatic N) is 2. The van der Waals surface area contributed by atoms with Crippen LogP contribution in [-0.2, 0) is 9.53 Å². The van der Waals surface area contributed by atoms with Gasteiger partial charge in [0.25, 0.3) is 5.91 Å². The number of aromatic nitrogens is 3. The molecule has 2 N–H and O–H groups in total. The Kier molecular flexibility index (Phi) is 7.80. The van der Waals surface area contributed by atoms with Crippen LogP contribution in [0.1, 0.15) is 42.0 Å². The zero-order valence-corrected chi connectivity index (χ0v) is 21.4. The molecule has 36 heavy (non-hydrogen) atoms. The number of nitrogens with one attached hydrogen (secondary N) is 2. The molecule has 0 aliphatic rings. The summed E-state index contributed by atoms with van der Waals surface area (Å²) in [6, 6.07) is 14.5. The zero-order chi connectivity index (χ0) is 25.7. The Bertz CT molecular complexity index is 1320. The zero-order valence-electron chi connectivity index (χ0n) is 20.6. The molecule has 0 aliphatic heterocycles. The van der Waals surface area contributed by atoms with Gasteiger partial charge in [-0.1, -0.05) is 19.1 Å². The van der Waals surface area contributed by atoms with Gasteiger partial charge in [0, 0.05) is 22.2 Å². The van der Waals surface area contributed by atoms with Gasteiger partial charge < -0.3 is 14.5 Å². The van der Waals surface area contributed by atoms with Crippen LogP contribution in [0.15, 0.2) is 53.9 Å². The van der Waals surface area contributed by atoms with Gasteiger partial charge >= 0.3 is 5.97 Å². The molecule has 2 heterocycles. The van der Waals surface area contributed by atoms with Gasteiger partial charge in [0.15, 0.2) is 11.2 Å². The molecule has 1 amide bonds. The summed E-state index contributed by atoms with van der Waals surface area (Å²) in [6.45, 7) is 8.22. The molecule has 2 aromatic heterocycles. The predicted molar refractivity (Wildman–Crippen MR) is 140 cm³/mol. The lowest BCUT2D eigenvalue weighted by Crippen LogP contribution is -2.32. The fraction of sp³-hybridized carbons (Fsp3) is 0.259. The van der Waals surface area contributed by atoms with Crippen LogP contribution in [-0.4, -0.2) is 39.5 Å². The minimum absolute atomic E-state index is 0.331. The number of amides is 1. The number of aryl methyl sites for hydroxylation is 2. The number of ether oxygens (including phenoxy) is 2. The van der Waals surface area contributed by atoms with Crippen LogP contribution in [0.25, 0.3) is 22.6 Å². The number of aromatic amines is 1. The molecule has 4 aromatic rings. The standard InChI is InChI=1S/C27H28N4O4S/c1-5-23(35-26(33)20-9-7-19(8-10-20)24-28-16(3)17(4)29-24)25(32)31-27-30-22(15-36-27)18-11-13-21(14-12-18)34-6-2/h7-15,23H,5-6H2,1-4H3,(H,28,29)(H,30,31,32). The van der Waals surface area contributed by atoms with Crippen molar-refractivity contribution in [2.24, 2.45) is 0 Å². The first-order valence-corrected chi connectivity index (χ1v) is 12.6. The van der Waals surface area contributed by atoms with Crippen molar-refractivity contribution in [1.82, 2.24) is 15.0 Å². The third kappa shape index (κ3) is 5.80. The molecule has 8 nitrogen and oxygen atoms in total. The number of carbonyl (C=O) groups is 2. The number of anilines is 1. The first kappa shape index (κ1) is 25.1. The summed E-state index contributed by atoms with van der Waals surface area (Å²) in [7, 11) is 0. The van der Waals surface area contributed by atoms with E-state index >= 15 is 0 Å². The lowest BCUT2D eigenvalue weighted by Gasteiger charge is -2.15. The quantitative estimate of drug-likeness (QED) is 0.280. The average Bonchev–Trinajstić information content (AvgIpc) is 3.49. The Labute approximate surface area is 213 Å². The molecular weight excluding hydrogens is 476 g/mol. The van der Waals surface area contributed by atoms with E-state index < -0.39 is 18.0 Å². The van der Waals surface area contributed by atoms with E-state index in [-0.39, 0.29) is 0 Å². The maximum absolute atomic E-state index is 12.8. The normalized spacial score (nSPS) is 11.7. The van der Waals surface area contributed by atoms with E-state index in [4.69, 9.17) is 9.47 Å². The topological polar surface area (TPSA) is 106 Å². The van der Waals surface area contributed by atoms with Crippen LogP contribution in [0.3, 0.4) is 0 Å². The van der Waals surface area contributed by atoms with E-state index in [0.29, 0.717) is 23.7 Å². The second-order valence-electron chi connectivity index (χ2n) is 8.16. The van der Waals surface area contributed by atoms with E-state index in [1.807, 2.05) is 50.4 Å². The largest absolute Gasteiger partial charge is 0.494 e. The fourth-order valence-electron chi connectivity index (χ4n) is 3.51. The summed E-state index contributed by atoms with van der Waals surface area (Å²) in [5, 5.41) is 5.06. The van der Waals surface area contributed by atoms with Crippen molar-refractivity contribution in [2.45, 2.75) is 40.2 Å². The maximum atomic E-state index is 12.8. The molecule has 9 heteroatoms. The number of hydrogen-bond donors (Lipinski definition) is 2. The van der Waals surface area contributed by atoms with Crippen molar-refractivity contribution >= 4 is 28.3 Å². The second-order valence-corrected chi connectivity index (χ2v) is 9.02. The van der Waals surface area contributed by atoms with Crippen molar-refractivity contribution in [1.29, 1.82) is 0 Å². The summed E-state index contributed by atoms with van der Waals surface area (Å²) >= 11 is 1.31. The van der Waals surface area contributed by atoms with Gasteiger partial charge in [-0.15, -0.1) is 11.3 Å². The van der Waals surface area contributed by atoms with Crippen molar-refractivity contribution in [3.8, 4) is 28.4 Å². The van der Waals surface area contributed by atoms with E-state index in [2.05, 4.69) is 20.3 Å². The molecule has 0 spiro atoms. The summed E-state index contributed by atoms with van der Waals surface area (Å²) in [4.78, 5) is 37.7. The Morgan fingerprint density at radius 3 is 2.31 bits per heavy atom. The Balaban J connectivity index is 1.37. The summed E-state index contributed by atoms with van der Waals surface area (Å²) in [6.07, 6.45) is -0.608. The molecule has 2 aromatic carbocycles. The van der Waals surface area contributed by atoms with Gasteiger partial charge in [0.1, 0.15) is 11.6 Å². The maximum Gasteiger partial charge on any atom is 0.338 e.